The minimum atomic E-state index is -0.549. The Balaban J connectivity index is 2.03. The zero-order valence-electron chi connectivity index (χ0n) is 12.7. The summed E-state index contributed by atoms with van der Waals surface area (Å²) in [6.07, 6.45) is 2.83. The van der Waals surface area contributed by atoms with Crippen molar-refractivity contribution < 1.29 is 9.53 Å². The Labute approximate surface area is 139 Å². The van der Waals surface area contributed by atoms with Gasteiger partial charge in [0.25, 0.3) is 0 Å². The number of nitriles is 1. The number of esters is 1. The van der Waals surface area contributed by atoms with Gasteiger partial charge in [-0.05, 0) is 51.1 Å². The second kappa shape index (κ2) is 6.15. The molecule has 0 radical (unpaired) electrons. The van der Waals surface area contributed by atoms with E-state index >= 15 is 0 Å². The predicted octanol–water partition coefficient (Wildman–Crippen LogP) is 3.05. The Morgan fingerprint density at radius 3 is 2.87 bits per heavy atom. The first kappa shape index (κ1) is 15.7. The maximum absolute atomic E-state index is 12.7. The predicted molar refractivity (Wildman–Crippen MR) is 87.3 cm³/mol. The molecule has 1 aliphatic rings. The van der Waals surface area contributed by atoms with Gasteiger partial charge in [-0.25, -0.2) is 0 Å². The van der Waals surface area contributed by atoms with E-state index in [0.29, 0.717) is 28.8 Å². The molecule has 1 fully saturated rings. The van der Waals surface area contributed by atoms with Crippen LogP contribution in [0.2, 0.25) is 5.02 Å². The van der Waals surface area contributed by atoms with Crippen LogP contribution in [0.3, 0.4) is 0 Å². The molecular weight excluding hydrogens is 314 g/mol. The van der Waals surface area contributed by atoms with Crippen LogP contribution in [-0.2, 0) is 4.79 Å². The number of ether oxygens (including phenoxy) is 1. The Morgan fingerprint density at radius 1 is 1.43 bits per heavy atom. The lowest BCUT2D eigenvalue weighted by Crippen LogP contribution is -2.42. The number of hydrogen-bond donors (Lipinski definition) is 1. The molecular formula is C17H16ClN3O2. The maximum Gasteiger partial charge on any atom is 0.317 e. The van der Waals surface area contributed by atoms with Gasteiger partial charge in [-0.2, -0.15) is 5.26 Å². The molecule has 2 heterocycles. The molecule has 1 aromatic heterocycles. The van der Waals surface area contributed by atoms with E-state index in [-0.39, 0.29) is 17.3 Å². The molecule has 1 aromatic carbocycles. The van der Waals surface area contributed by atoms with E-state index in [0.717, 1.165) is 13.1 Å². The minimum Gasteiger partial charge on any atom is -0.424 e. The molecule has 0 aliphatic carbocycles. The summed E-state index contributed by atoms with van der Waals surface area (Å²) in [6, 6.07) is 7.15. The number of carbonyl (C=O) groups is 1. The van der Waals surface area contributed by atoms with Crippen LogP contribution in [-0.4, -0.2) is 24.0 Å². The first-order chi connectivity index (χ1) is 11.0. The van der Waals surface area contributed by atoms with Gasteiger partial charge in [-0.1, -0.05) is 11.6 Å². The summed E-state index contributed by atoms with van der Waals surface area (Å²) in [5.41, 5.74) is 0.309. The van der Waals surface area contributed by atoms with Gasteiger partial charge >= 0.3 is 5.97 Å². The second-order valence-corrected chi connectivity index (χ2v) is 6.41. The van der Waals surface area contributed by atoms with Crippen molar-refractivity contribution in [3.8, 4) is 11.8 Å². The van der Waals surface area contributed by atoms with Crippen LogP contribution in [0.5, 0.6) is 5.75 Å². The van der Waals surface area contributed by atoms with Crippen LogP contribution in [0.4, 0.5) is 0 Å². The lowest BCUT2D eigenvalue weighted by atomic mass is 9.81. The summed E-state index contributed by atoms with van der Waals surface area (Å²) in [4.78, 5) is 16.9. The molecule has 23 heavy (non-hydrogen) atoms. The topological polar surface area (TPSA) is 75.0 Å². The van der Waals surface area contributed by atoms with E-state index in [4.69, 9.17) is 16.3 Å². The molecule has 0 spiro atoms. The zero-order chi connectivity index (χ0) is 16.4. The third-order valence-corrected chi connectivity index (χ3v) is 4.53. The van der Waals surface area contributed by atoms with Crippen LogP contribution in [0, 0.1) is 16.7 Å². The minimum absolute atomic E-state index is 0.227. The summed E-state index contributed by atoms with van der Waals surface area (Å²) in [7, 11) is 0. The maximum atomic E-state index is 12.7. The monoisotopic (exact) mass is 329 g/mol. The Bertz CT molecular complexity index is 807. The number of benzene rings is 1. The van der Waals surface area contributed by atoms with Crippen molar-refractivity contribution in [2.24, 2.45) is 5.41 Å². The quantitative estimate of drug-likeness (QED) is 0.857. The standard InChI is InChI=1S/C17H16ClN3O2/c1-17(4-6-20-7-5-17)16(22)23-15-11(9-19)10-21-14-3-2-12(18)8-13(14)15/h2-3,8,10,20H,4-7H2,1H3. The lowest BCUT2D eigenvalue weighted by molar-refractivity contribution is -0.146. The summed E-state index contributed by atoms with van der Waals surface area (Å²) >= 11 is 6.04. The number of rotatable bonds is 2. The van der Waals surface area contributed by atoms with E-state index in [9.17, 15) is 10.1 Å². The molecule has 2 aromatic rings. The van der Waals surface area contributed by atoms with Crippen LogP contribution in [0.25, 0.3) is 10.9 Å². The average Bonchev–Trinajstić information content (AvgIpc) is 2.56. The van der Waals surface area contributed by atoms with Crippen molar-refractivity contribution >= 4 is 28.5 Å². The highest BCUT2D eigenvalue weighted by atomic mass is 35.5. The van der Waals surface area contributed by atoms with Crippen LogP contribution < -0.4 is 10.1 Å². The number of carbonyl (C=O) groups excluding carboxylic acids is 1. The van der Waals surface area contributed by atoms with Crippen molar-refractivity contribution in [3.63, 3.8) is 0 Å². The molecule has 0 unspecified atom stereocenters. The number of aromatic nitrogens is 1. The van der Waals surface area contributed by atoms with Gasteiger partial charge in [0.05, 0.1) is 10.9 Å². The van der Waals surface area contributed by atoms with Crippen LogP contribution >= 0.6 is 11.6 Å². The summed E-state index contributed by atoms with van der Waals surface area (Å²) in [6.45, 7) is 3.46. The van der Waals surface area contributed by atoms with Gasteiger partial charge in [0.2, 0.25) is 0 Å². The highest BCUT2D eigenvalue weighted by molar-refractivity contribution is 6.31. The van der Waals surface area contributed by atoms with Gasteiger partial charge in [-0.3, -0.25) is 9.78 Å². The van der Waals surface area contributed by atoms with E-state index in [2.05, 4.69) is 10.3 Å². The third kappa shape index (κ3) is 3.00. The van der Waals surface area contributed by atoms with Gasteiger partial charge in [0, 0.05) is 16.6 Å². The molecule has 0 bridgehead atoms. The fourth-order valence-corrected chi connectivity index (χ4v) is 2.90. The second-order valence-electron chi connectivity index (χ2n) is 5.97. The lowest BCUT2D eigenvalue weighted by Gasteiger charge is -2.31. The van der Waals surface area contributed by atoms with Crippen LogP contribution in [0.15, 0.2) is 24.4 Å². The number of fused-ring (bicyclic) bond motifs is 1. The smallest absolute Gasteiger partial charge is 0.317 e. The number of piperidine rings is 1. The average molecular weight is 330 g/mol. The highest BCUT2D eigenvalue weighted by Gasteiger charge is 2.37. The molecule has 1 N–H and O–H groups in total. The molecule has 3 rings (SSSR count). The largest absolute Gasteiger partial charge is 0.424 e. The van der Waals surface area contributed by atoms with Gasteiger partial charge < -0.3 is 10.1 Å². The molecule has 5 nitrogen and oxygen atoms in total. The molecule has 1 aliphatic heterocycles. The highest BCUT2D eigenvalue weighted by Crippen LogP contribution is 2.34. The summed E-state index contributed by atoms with van der Waals surface area (Å²) < 4.78 is 5.66. The van der Waals surface area contributed by atoms with Gasteiger partial charge in [0.15, 0.2) is 5.75 Å². The Hall–Kier alpha value is -2.16. The van der Waals surface area contributed by atoms with E-state index in [1.807, 2.05) is 13.0 Å². The number of hydrogen-bond acceptors (Lipinski definition) is 5. The van der Waals surface area contributed by atoms with Crippen molar-refractivity contribution in [1.82, 2.24) is 10.3 Å². The van der Waals surface area contributed by atoms with Crippen LogP contribution in [0.1, 0.15) is 25.3 Å². The van der Waals surface area contributed by atoms with Crippen molar-refractivity contribution in [1.29, 1.82) is 5.26 Å². The molecule has 0 atom stereocenters. The Morgan fingerprint density at radius 2 is 2.17 bits per heavy atom. The summed E-state index contributed by atoms with van der Waals surface area (Å²) in [5, 5.41) is 13.6. The number of nitrogens with zero attached hydrogens (tertiary/aromatic N) is 2. The number of nitrogens with one attached hydrogen (secondary N) is 1. The molecule has 0 amide bonds. The zero-order valence-corrected chi connectivity index (χ0v) is 13.5. The van der Waals surface area contributed by atoms with Crippen molar-refractivity contribution in [2.75, 3.05) is 13.1 Å². The van der Waals surface area contributed by atoms with Gasteiger partial charge in [-0.15, -0.1) is 0 Å². The first-order valence-corrected chi connectivity index (χ1v) is 7.83. The first-order valence-electron chi connectivity index (χ1n) is 7.45. The fraction of sp³-hybridized carbons (Fsp3) is 0.353. The normalized spacial score (nSPS) is 16.7. The number of halogens is 1. The molecule has 6 heteroatoms. The summed E-state index contributed by atoms with van der Waals surface area (Å²) in [5.74, 6) is -0.0762. The third-order valence-electron chi connectivity index (χ3n) is 4.30. The molecule has 118 valence electrons. The van der Waals surface area contributed by atoms with Crippen molar-refractivity contribution in [3.05, 3.63) is 35.0 Å². The fourth-order valence-electron chi connectivity index (χ4n) is 2.73. The van der Waals surface area contributed by atoms with Gasteiger partial charge in [0.1, 0.15) is 11.6 Å². The van der Waals surface area contributed by atoms with E-state index < -0.39 is 5.41 Å². The molecule has 1 saturated heterocycles. The molecule has 0 saturated carbocycles. The van der Waals surface area contributed by atoms with E-state index in [1.165, 1.54) is 6.20 Å². The Kier molecular flexibility index (Phi) is 4.20. The van der Waals surface area contributed by atoms with E-state index in [1.54, 1.807) is 18.2 Å². The SMILES string of the molecule is CC1(C(=O)Oc2c(C#N)cnc3ccc(Cl)cc23)CCNCC1. The van der Waals surface area contributed by atoms with Crippen molar-refractivity contribution in [2.45, 2.75) is 19.8 Å². The number of pyridine rings is 1.